The molecule has 3 heterocycles. The second-order valence-electron chi connectivity index (χ2n) is 8.78. The molecule has 1 aromatic carbocycles. The fraction of sp³-hybridized carbons (Fsp3) is 0.320. The van der Waals surface area contributed by atoms with Crippen molar-refractivity contribution in [3.05, 3.63) is 58.0 Å². The molecule has 3 amide bonds. The van der Waals surface area contributed by atoms with Crippen LogP contribution in [0.3, 0.4) is 0 Å². The maximum absolute atomic E-state index is 12.6. The van der Waals surface area contributed by atoms with Crippen LogP contribution in [-0.2, 0) is 41.8 Å². The van der Waals surface area contributed by atoms with Gasteiger partial charge in [-0.15, -0.1) is 5.06 Å². The molecule has 3 aromatic rings. The third-order valence-electron chi connectivity index (χ3n) is 5.84. The number of benzene rings is 1. The van der Waals surface area contributed by atoms with Gasteiger partial charge < -0.3 is 30.3 Å². The van der Waals surface area contributed by atoms with Crippen molar-refractivity contribution in [2.45, 2.75) is 32.4 Å². The SMILES string of the molecule is C=C(CC(=O)NCc1ccc(Cn2c(=O)[nH]c3c(N)nc(OCCOC)nc32)cc1)C(=O)ON1C(=O)CCC1=O. The lowest BCUT2D eigenvalue weighted by Gasteiger charge is -2.13. The molecule has 1 aliphatic rings. The average molecular weight is 554 g/mol. The second kappa shape index (κ2) is 12.2. The lowest BCUT2D eigenvalue weighted by molar-refractivity contribution is -0.194. The van der Waals surface area contributed by atoms with Crippen LogP contribution in [0.15, 0.2) is 41.2 Å². The van der Waals surface area contributed by atoms with Gasteiger partial charge in [-0.25, -0.2) is 9.59 Å². The lowest BCUT2D eigenvalue weighted by Crippen LogP contribution is -2.33. The first-order valence-corrected chi connectivity index (χ1v) is 12.1. The minimum atomic E-state index is -1.03. The Labute approximate surface area is 226 Å². The number of carbonyl (C=O) groups is 4. The summed E-state index contributed by atoms with van der Waals surface area (Å²) < 4.78 is 11.8. The van der Waals surface area contributed by atoms with Gasteiger partial charge >= 0.3 is 17.7 Å². The van der Waals surface area contributed by atoms with Crippen LogP contribution in [0, 0.1) is 0 Å². The van der Waals surface area contributed by atoms with E-state index < -0.39 is 29.4 Å². The quantitative estimate of drug-likeness (QED) is 0.154. The van der Waals surface area contributed by atoms with Crippen LogP contribution in [0.2, 0.25) is 0 Å². The van der Waals surface area contributed by atoms with Crippen LogP contribution < -0.4 is 21.5 Å². The Morgan fingerprint density at radius 3 is 2.42 bits per heavy atom. The van der Waals surface area contributed by atoms with Crippen LogP contribution in [0.25, 0.3) is 11.2 Å². The van der Waals surface area contributed by atoms with Crippen molar-refractivity contribution in [2.24, 2.45) is 0 Å². The molecule has 0 atom stereocenters. The number of nitrogens with zero attached hydrogens (tertiary/aromatic N) is 4. The monoisotopic (exact) mass is 553 g/mol. The number of fused-ring (bicyclic) bond motifs is 1. The summed E-state index contributed by atoms with van der Waals surface area (Å²) in [6, 6.07) is 7.13. The molecule has 1 aliphatic heterocycles. The number of carbonyl (C=O) groups excluding carboxylic acids is 4. The molecule has 4 N–H and O–H groups in total. The zero-order chi connectivity index (χ0) is 28.8. The Morgan fingerprint density at radius 1 is 1.07 bits per heavy atom. The van der Waals surface area contributed by atoms with Crippen molar-refractivity contribution in [2.75, 3.05) is 26.1 Å². The average Bonchev–Trinajstić information content (AvgIpc) is 3.41. The maximum atomic E-state index is 12.6. The van der Waals surface area contributed by atoms with Crippen molar-refractivity contribution in [1.29, 1.82) is 0 Å². The fourth-order valence-electron chi connectivity index (χ4n) is 3.74. The standard InChI is InChI=1S/C25H27N7O8/c1-14(23(36)40-32-18(34)7-8-19(32)35)11-17(33)27-12-15-3-5-16(6-4-15)13-31-22-20(28-25(31)37)21(26)29-24(30-22)39-10-9-38-2/h3-6H,1,7-13H2,2H3,(H,27,33)(H,28,37)(H2,26,29,30). The van der Waals surface area contributed by atoms with Gasteiger partial charge in [0.2, 0.25) is 5.91 Å². The number of aromatic amines is 1. The molecular formula is C25H27N7O8. The number of imidazole rings is 1. The number of ether oxygens (including phenoxy) is 2. The number of anilines is 1. The zero-order valence-corrected chi connectivity index (χ0v) is 21.6. The Bertz CT molecular complexity index is 1510. The normalized spacial score (nSPS) is 13.1. The predicted molar refractivity (Wildman–Crippen MR) is 138 cm³/mol. The molecule has 1 fully saturated rings. The zero-order valence-electron chi connectivity index (χ0n) is 21.6. The van der Waals surface area contributed by atoms with E-state index in [1.54, 1.807) is 24.3 Å². The molecule has 15 heteroatoms. The number of aromatic nitrogens is 4. The van der Waals surface area contributed by atoms with Gasteiger partial charge in [-0.05, 0) is 11.1 Å². The van der Waals surface area contributed by atoms with Gasteiger partial charge in [0, 0.05) is 32.1 Å². The predicted octanol–water partition coefficient (Wildman–Crippen LogP) is -0.0550. The lowest BCUT2D eigenvalue weighted by atomic mass is 10.1. The Kier molecular flexibility index (Phi) is 8.54. The maximum Gasteiger partial charge on any atom is 0.359 e. The molecular weight excluding hydrogens is 526 g/mol. The number of hydroxylamine groups is 2. The molecule has 15 nitrogen and oxygen atoms in total. The molecule has 2 aromatic heterocycles. The first-order chi connectivity index (χ1) is 19.2. The number of nitrogens with two attached hydrogens (primary N) is 1. The summed E-state index contributed by atoms with van der Waals surface area (Å²) in [6.45, 7) is 4.39. The van der Waals surface area contributed by atoms with E-state index >= 15 is 0 Å². The minimum Gasteiger partial charge on any atom is -0.461 e. The molecule has 0 radical (unpaired) electrons. The number of nitrogens with one attached hydrogen (secondary N) is 2. The number of imide groups is 1. The molecule has 1 saturated heterocycles. The number of H-pyrrole nitrogens is 1. The second-order valence-corrected chi connectivity index (χ2v) is 8.78. The summed E-state index contributed by atoms with van der Waals surface area (Å²) in [5.41, 5.74) is 7.46. The summed E-state index contributed by atoms with van der Waals surface area (Å²) in [5, 5.41) is 3.06. The van der Waals surface area contributed by atoms with E-state index in [1.165, 1.54) is 11.7 Å². The van der Waals surface area contributed by atoms with E-state index in [1.807, 2.05) is 0 Å². The van der Waals surface area contributed by atoms with Crippen molar-refractivity contribution in [3.63, 3.8) is 0 Å². The first-order valence-electron chi connectivity index (χ1n) is 12.1. The molecule has 0 bridgehead atoms. The molecule has 4 rings (SSSR count). The summed E-state index contributed by atoms with van der Waals surface area (Å²) in [5.74, 6) is -2.70. The Hall–Kier alpha value is -5.05. The Morgan fingerprint density at radius 2 is 1.75 bits per heavy atom. The topological polar surface area (TPSA) is 201 Å². The summed E-state index contributed by atoms with van der Waals surface area (Å²) in [7, 11) is 1.53. The minimum absolute atomic E-state index is 0.0230. The fourth-order valence-corrected chi connectivity index (χ4v) is 3.74. The number of nitrogen functional groups attached to an aromatic ring is 1. The van der Waals surface area contributed by atoms with Crippen LogP contribution >= 0.6 is 0 Å². The highest BCUT2D eigenvalue weighted by molar-refractivity contribution is 6.03. The molecule has 0 spiro atoms. The highest BCUT2D eigenvalue weighted by Crippen LogP contribution is 2.19. The van der Waals surface area contributed by atoms with Gasteiger partial charge in [0.25, 0.3) is 11.8 Å². The molecule has 210 valence electrons. The van der Waals surface area contributed by atoms with Crippen molar-refractivity contribution >= 4 is 40.7 Å². The molecule has 40 heavy (non-hydrogen) atoms. The Balaban J connectivity index is 1.32. The van der Waals surface area contributed by atoms with Gasteiger partial charge in [-0.3, -0.25) is 19.0 Å². The number of amides is 3. The van der Waals surface area contributed by atoms with Gasteiger partial charge in [0.05, 0.1) is 19.6 Å². The van der Waals surface area contributed by atoms with Gasteiger partial charge in [-0.2, -0.15) is 9.97 Å². The summed E-state index contributed by atoms with van der Waals surface area (Å²) >= 11 is 0. The number of hydrogen-bond acceptors (Lipinski definition) is 11. The van der Waals surface area contributed by atoms with Gasteiger partial charge in [0.1, 0.15) is 12.1 Å². The molecule has 0 saturated carbocycles. The van der Waals surface area contributed by atoms with Crippen LogP contribution in [0.4, 0.5) is 5.82 Å². The third-order valence-corrected chi connectivity index (χ3v) is 5.84. The van der Waals surface area contributed by atoms with Crippen LogP contribution in [-0.4, -0.2) is 68.6 Å². The summed E-state index contributed by atoms with van der Waals surface area (Å²) in [6.07, 6.45) is -0.450. The number of hydrogen-bond donors (Lipinski definition) is 3. The highest BCUT2D eigenvalue weighted by atomic mass is 16.7. The van der Waals surface area contributed by atoms with E-state index in [4.69, 9.17) is 20.0 Å². The van der Waals surface area contributed by atoms with E-state index in [9.17, 15) is 24.0 Å². The van der Waals surface area contributed by atoms with Crippen LogP contribution in [0.5, 0.6) is 6.01 Å². The van der Waals surface area contributed by atoms with Crippen molar-refractivity contribution < 1.29 is 33.5 Å². The highest BCUT2D eigenvalue weighted by Gasteiger charge is 2.33. The van der Waals surface area contributed by atoms with Gasteiger partial charge in [0.15, 0.2) is 11.5 Å². The van der Waals surface area contributed by atoms with E-state index in [0.29, 0.717) is 22.8 Å². The smallest absolute Gasteiger partial charge is 0.359 e. The van der Waals surface area contributed by atoms with E-state index in [2.05, 4.69) is 26.8 Å². The van der Waals surface area contributed by atoms with Crippen molar-refractivity contribution in [3.8, 4) is 6.01 Å². The number of rotatable bonds is 12. The molecule has 0 aliphatic carbocycles. The molecule has 0 unspecified atom stereocenters. The third kappa shape index (κ3) is 6.50. The van der Waals surface area contributed by atoms with Gasteiger partial charge in [-0.1, -0.05) is 30.8 Å². The van der Waals surface area contributed by atoms with E-state index in [0.717, 1.165) is 11.1 Å². The van der Waals surface area contributed by atoms with Crippen molar-refractivity contribution in [1.82, 2.24) is 29.9 Å². The van der Waals surface area contributed by atoms with E-state index in [-0.39, 0.29) is 56.4 Å². The number of methoxy groups -OCH3 is 1. The van der Waals surface area contributed by atoms with Crippen LogP contribution in [0.1, 0.15) is 30.4 Å². The largest absolute Gasteiger partial charge is 0.461 e. The summed E-state index contributed by atoms with van der Waals surface area (Å²) in [4.78, 5) is 75.8. The first kappa shape index (κ1) is 28.0.